The fourth-order valence-corrected chi connectivity index (χ4v) is 1.15. The molecule has 0 fully saturated rings. The van der Waals surface area contributed by atoms with E-state index in [1.54, 1.807) is 0 Å². The van der Waals surface area contributed by atoms with Crippen molar-refractivity contribution in [3.8, 4) is 12.1 Å². The van der Waals surface area contributed by atoms with Crippen molar-refractivity contribution in [2.24, 2.45) is 4.99 Å². The van der Waals surface area contributed by atoms with Crippen LogP contribution in [0, 0.1) is 22.7 Å². The molecule has 0 saturated heterocycles. The molecule has 0 aromatic heterocycles. The quantitative estimate of drug-likeness (QED) is 0.313. The van der Waals surface area contributed by atoms with Gasteiger partial charge in [0.05, 0.1) is 25.0 Å². The Kier molecular flexibility index (Phi) is 7.32. The van der Waals surface area contributed by atoms with E-state index in [0.717, 1.165) is 6.92 Å². The van der Waals surface area contributed by atoms with E-state index >= 15 is 0 Å². The third-order valence-corrected chi connectivity index (χ3v) is 2.07. The molecule has 0 aromatic carbocycles. The molecule has 1 amide bonds. The number of amidine groups is 1. The van der Waals surface area contributed by atoms with Crippen molar-refractivity contribution in [1.82, 2.24) is 4.90 Å². The fraction of sp³-hybridized carbons (Fsp3) is 0.500. The average molecular weight is 255 g/mol. The van der Waals surface area contributed by atoms with E-state index in [-0.39, 0.29) is 31.2 Å². The standard InChI is InChI=1S/C10H11ClN4O2/c1-8(16)9(17)14-10(11)15(6-2-4-12)7-3-5-13/h2-3,6-7H2,1H3. The summed E-state index contributed by atoms with van der Waals surface area (Å²) in [7, 11) is 0. The number of Topliss-reactive ketones (excluding diaryl/α,β-unsaturated/α-hetero) is 1. The predicted molar refractivity (Wildman–Crippen MR) is 61.0 cm³/mol. The minimum atomic E-state index is -0.950. The highest BCUT2D eigenvalue weighted by atomic mass is 35.5. The lowest BCUT2D eigenvalue weighted by atomic mass is 10.4. The number of nitriles is 2. The molecule has 6 nitrogen and oxygen atoms in total. The number of nitrogens with zero attached hydrogens (tertiary/aromatic N) is 4. The van der Waals surface area contributed by atoms with Gasteiger partial charge in [0.25, 0.3) is 0 Å². The van der Waals surface area contributed by atoms with Gasteiger partial charge in [0.1, 0.15) is 0 Å². The van der Waals surface area contributed by atoms with E-state index in [1.807, 2.05) is 12.1 Å². The topological polar surface area (TPSA) is 97.3 Å². The van der Waals surface area contributed by atoms with Gasteiger partial charge in [0.15, 0.2) is 0 Å². The smallest absolute Gasteiger partial charge is 0.315 e. The monoisotopic (exact) mass is 254 g/mol. The molecule has 0 aromatic rings. The van der Waals surface area contributed by atoms with Crippen LogP contribution in [0.3, 0.4) is 0 Å². The molecule has 0 spiro atoms. The number of amides is 1. The minimum absolute atomic E-state index is 0.171. The third-order valence-electron chi connectivity index (χ3n) is 1.74. The highest BCUT2D eigenvalue weighted by molar-refractivity contribution is 6.66. The van der Waals surface area contributed by atoms with Crippen molar-refractivity contribution in [2.45, 2.75) is 19.8 Å². The van der Waals surface area contributed by atoms with E-state index in [0.29, 0.717) is 0 Å². The SMILES string of the molecule is CC(=O)C(=O)N=C(Cl)N(CCC#N)CCC#N. The number of carbonyl (C=O) groups excluding carboxylic acids is 2. The number of hydrogen-bond donors (Lipinski definition) is 0. The molecule has 0 atom stereocenters. The van der Waals surface area contributed by atoms with Crippen molar-refractivity contribution >= 4 is 28.6 Å². The summed E-state index contributed by atoms with van der Waals surface area (Å²) in [6.07, 6.45) is 0.372. The van der Waals surface area contributed by atoms with E-state index in [9.17, 15) is 9.59 Å². The summed E-state index contributed by atoms with van der Waals surface area (Å²) in [6.45, 7) is 1.60. The Bertz CT molecular complexity index is 388. The van der Waals surface area contributed by atoms with Gasteiger partial charge in [-0.05, 0) is 11.6 Å². The van der Waals surface area contributed by atoms with Crippen LogP contribution < -0.4 is 0 Å². The minimum Gasteiger partial charge on any atom is -0.345 e. The van der Waals surface area contributed by atoms with Gasteiger partial charge in [-0.15, -0.1) is 0 Å². The Morgan fingerprint density at radius 1 is 1.24 bits per heavy atom. The summed E-state index contributed by atoms with van der Waals surface area (Å²) in [6, 6.07) is 3.83. The molecule has 0 unspecified atom stereocenters. The highest BCUT2D eigenvalue weighted by Gasteiger charge is 2.12. The summed E-state index contributed by atoms with van der Waals surface area (Å²) < 4.78 is 0. The molecule has 90 valence electrons. The maximum atomic E-state index is 11.0. The lowest BCUT2D eigenvalue weighted by molar-refractivity contribution is -0.134. The van der Waals surface area contributed by atoms with E-state index in [1.165, 1.54) is 4.90 Å². The highest BCUT2D eigenvalue weighted by Crippen LogP contribution is 2.01. The Labute approximate surface area is 104 Å². The number of halogens is 1. The molecule has 17 heavy (non-hydrogen) atoms. The lowest BCUT2D eigenvalue weighted by Gasteiger charge is -2.19. The molecule has 0 bridgehead atoms. The van der Waals surface area contributed by atoms with Gasteiger partial charge in [-0.25, -0.2) is 0 Å². The Hall–Kier alpha value is -1.92. The van der Waals surface area contributed by atoms with Gasteiger partial charge < -0.3 is 4.90 Å². The largest absolute Gasteiger partial charge is 0.345 e. The van der Waals surface area contributed by atoms with Crippen LogP contribution in [0.2, 0.25) is 0 Å². The van der Waals surface area contributed by atoms with Gasteiger partial charge in [-0.1, -0.05) is 0 Å². The summed E-state index contributed by atoms with van der Waals surface area (Å²) in [5, 5.41) is 16.7. The van der Waals surface area contributed by atoms with Crippen molar-refractivity contribution in [3.63, 3.8) is 0 Å². The van der Waals surface area contributed by atoms with Gasteiger partial charge >= 0.3 is 5.91 Å². The summed E-state index contributed by atoms with van der Waals surface area (Å²) >= 11 is 5.74. The maximum Gasteiger partial charge on any atom is 0.315 e. The van der Waals surface area contributed by atoms with Crippen LogP contribution in [0.25, 0.3) is 0 Å². The molecular formula is C10H11ClN4O2. The number of hydrogen-bond acceptors (Lipinski definition) is 4. The Balaban J connectivity index is 4.67. The molecule has 0 N–H and O–H groups in total. The first-order valence-electron chi connectivity index (χ1n) is 4.80. The first-order valence-corrected chi connectivity index (χ1v) is 5.18. The molecule has 0 aliphatic carbocycles. The second kappa shape index (κ2) is 8.26. The normalized spacial score (nSPS) is 10.2. The average Bonchev–Trinajstić information content (AvgIpc) is 2.28. The molecule has 0 aliphatic heterocycles. The van der Waals surface area contributed by atoms with Gasteiger partial charge in [0.2, 0.25) is 11.1 Å². The lowest BCUT2D eigenvalue weighted by Crippen LogP contribution is -2.30. The maximum absolute atomic E-state index is 11.0. The second-order valence-corrected chi connectivity index (χ2v) is 3.38. The summed E-state index contributed by atoms with van der Waals surface area (Å²) in [5.41, 5.74) is 0. The molecule has 7 heteroatoms. The molecule has 0 saturated carbocycles. The van der Waals surface area contributed by atoms with Crippen LogP contribution in [0.5, 0.6) is 0 Å². The van der Waals surface area contributed by atoms with Crippen LogP contribution >= 0.6 is 11.6 Å². The molecule has 0 radical (unpaired) electrons. The van der Waals surface area contributed by atoms with E-state index in [2.05, 4.69) is 4.99 Å². The summed E-state index contributed by atoms with van der Waals surface area (Å²) in [5.74, 6) is -1.67. The third kappa shape index (κ3) is 6.29. The van der Waals surface area contributed by atoms with Crippen molar-refractivity contribution in [1.29, 1.82) is 10.5 Å². The number of carbonyl (C=O) groups is 2. The number of aliphatic imine (C=N–C) groups is 1. The Morgan fingerprint density at radius 2 is 1.71 bits per heavy atom. The molecule has 0 heterocycles. The molecule has 0 aliphatic rings. The van der Waals surface area contributed by atoms with Crippen LogP contribution in [-0.2, 0) is 9.59 Å². The zero-order chi connectivity index (χ0) is 13.3. The fourth-order valence-electron chi connectivity index (χ4n) is 0.899. The van der Waals surface area contributed by atoms with Gasteiger partial charge in [-0.2, -0.15) is 15.5 Å². The van der Waals surface area contributed by atoms with Crippen LogP contribution in [-0.4, -0.2) is 35.0 Å². The van der Waals surface area contributed by atoms with Crippen LogP contribution in [0.4, 0.5) is 0 Å². The van der Waals surface area contributed by atoms with Gasteiger partial charge in [0, 0.05) is 20.0 Å². The zero-order valence-electron chi connectivity index (χ0n) is 9.31. The van der Waals surface area contributed by atoms with E-state index in [4.69, 9.17) is 22.1 Å². The number of rotatable bonds is 5. The first-order chi connectivity index (χ1) is 8.02. The first kappa shape index (κ1) is 15.1. The van der Waals surface area contributed by atoms with Crippen LogP contribution in [0.15, 0.2) is 4.99 Å². The van der Waals surface area contributed by atoms with Crippen molar-refractivity contribution in [3.05, 3.63) is 0 Å². The zero-order valence-corrected chi connectivity index (χ0v) is 10.1. The molecular weight excluding hydrogens is 244 g/mol. The van der Waals surface area contributed by atoms with E-state index < -0.39 is 11.7 Å². The van der Waals surface area contributed by atoms with Crippen LogP contribution in [0.1, 0.15) is 19.8 Å². The predicted octanol–water partition coefficient (Wildman–Crippen LogP) is 0.826. The second-order valence-electron chi connectivity index (χ2n) is 3.05. The van der Waals surface area contributed by atoms with Gasteiger partial charge in [-0.3, -0.25) is 9.59 Å². The van der Waals surface area contributed by atoms with Crippen molar-refractivity contribution < 1.29 is 9.59 Å². The molecule has 0 rings (SSSR count). The number of ketones is 1. The Morgan fingerprint density at radius 3 is 2.06 bits per heavy atom. The van der Waals surface area contributed by atoms with Crippen molar-refractivity contribution in [2.75, 3.05) is 13.1 Å². The summed E-state index contributed by atoms with van der Waals surface area (Å²) in [4.78, 5) is 26.5.